The van der Waals surface area contributed by atoms with Gasteiger partial charge in [-0.25, -0.2) is 0 Å². The van der Waals surface area contributed by atoms with Gasteiger partial charge in [-0.15, -0.1) is 0 Å². The molecular formula is C17H32N2O. The van der Waals surface area contributed by atoms with Gasteiger partial charge in [0.2, 0.25) is 5.91 Å². The summed E-state index contributed by atoms with van der Waals surface area (Å²) in [5, 5.41) is 3.84. The topological polar surface area (TPSA) is 32.3 Å². The SMILES string of the molecule is CCC1CCC(NC2CCN(C(=O)C(C)(C)C)CC2)C1. The van der Waals surface area contributed by atoms with E-state index in [0.29, 0.717) is 11.9 Å². The molecule has 2 rings (SSSR count). The zero-order chi connectivity index (χ0) is 14.8. The Morgan fingerprint density at radius 2 is 1.75 bits per heavy atom. The maximum atomic E-state index is 12.3. The van der Waals surface area contributed by atoms with Gasteiger partial charge in [0, 0.05) is 30.6 Å². The predicted octanol–water partition coefficient (Wildman–Crippen LogP) is 3.19. The molecule has 0 aromatic heterocycles. The minimum atomic E-state index is -0.236. The van der Waals surface area contributed by atoms with E-state index in [0.717, 1.165) is 37.9 Å². The van der Waals surface area contributed by atoms with Crippen LogP contribution in [0.3, 0.4) is 0 Å². The Kier molecular flexibility index (Phi) is 5.11. The Bertz CT molecular complexity index is 326. The molecular weight excluding hydrogens is 248 g/mol. The summed E-state index contributed by atoms with van der Waals surface area (Å²) in [4.78, 5) is 14.3. The molecule has 0 radical (unpaired) electrons. The minimum Gasteiger partial charge on any atom is -0.342 e. The molecule has 1 N–H and O–H groups in total. The number of nitrogens with zero attached hydrogens (tertiary/aromatic N) is 1. The standard InChI is InChI=1S/C17H32N2O/c1-5-13-6-7-15(12-13)18-14-8-10-19(11-9-14)16(20)17(2,3)4/h13-15,18H,5-12H2,1-4H3. The normalized spacial score (nSPS) is 28.9. The van der Waals surface area contributed by atoms with Crippen LogP contribution in [0, 0.1) is 11.3 Å². The number of hydrogen-bond donors (Lipinski definition) is 1. The Hall–Kier alpha value is -0.570. The van der Waals surface area contributed by atoms with Gasteiger partial charge in [-0.2, -0.15) is 0 Å². The number of amides is 1. The molecule has 1 saturated carbocycles. The van der Waals surface area contributed by atoms with Crippen LogP contribution in [-0.4, -0.2) is 36.0 Å². The van der Waals surface area contributed by atoms with Crippen molar-refractivity contribution >= 4 is 5.91 Å². The van der Waals surface area contributed by atoms with Crippen LogP contribution >= 0.6 is 0 Å². The summed E-state index contributed by atoms with van der Waals surface area (Å²) < 4.78 is 0. The molecule has 2 atom stereocenters. The first kappa shape index (κ1) is 15.8. The third kappa shape index (κ3) is 3.97. The molecule has 20 heavy (non-hydrogen) atoms. The number of carbonyl (C=O) groups is 1. The summed E-state index contributed by atoms with van der Waals surface area (Å²) in [5.41, 5.74) is -0.236. The quantitative estimate of drug-likeness (QED) is 0.861. The van der Waals surface area contributed by atoms with Gasteiger partial charge in [0.1, 0.15) is 0 Å². The fourth-order valence-corrected chi connectivity index (χ4v) is 3.65. The molecule has 3 nitrogen and oxygen atoms in total. The number of piperidine rings is 1. The van der Waals surface area contributed by atoms with Gasteiger partial charge >= 0.3 is 0 Å². The lowest BCUT2D eigenvalue weighted by Gasteiger charge is -2.37. The fourth-order valence-electron chi connectivity index (χ4n) is 3.65. The molecule has 2 fully saturated rings. The predicted molar refractivity (Wildman–Crippen MR) is 83.6 cm³/mol. The van der Waals surface area contributed by atoms with Crippen molar-refractivity contribution in [2.24, 2.45) is 11.3 Å². The summed E-state index contributed by atoms with van der Waals surface area (Å²) in [6, 6.07) is 1.36. The van der Waals surface area contributed by atoms with Crippen molar-refractivity contribution in [3.05, 3.63) is 0 Å². The highest BCUT2D eigenvalue weighted by atomic mass is 16.2. The van der Waals surface area contributed by atoms with Crippen molar-refractivity contribution in [1.29, 1.82) is 0 Å². The van der Waals surface area contributed by atoms with Gasteiger partial charge in [-0.1, -0.05) is 34.1 Å². The van der Waals surface area contributed by atoms with Gasteiger partial charge in [-0.05, 0) is 38.0 Å². The summed E-state index contributed by atoms with van der Waals surface area (Å²) in [7, 11) is 0. The molecule has 1 aliphatic heterocycles. The van der Waals surface area contributed by atoms with Gasteiger partial charge in [0.15, 0.2) is 0 Å². The van der Waals surface area contributed by atoms with Crippen LogP contribution in [0.2, 0.25) is 0 Å². The molecule has 3 heteroatoms. The third-order valence-corrected chi connectivity index (χ3v) is 5.01. The highest BCUT2D eigenvalue weighted by molar-refractivity contribution is 5.81. The number of rotatable bonds is 3. The van der Waals surface area contributed by atoms with E-state index in [9.17, 15) is 4.79 Å². The molecule has 116 valence electrons. The fraction of sp³-hybridized carbons (Fsp3) is 0.941. The maximum absolute atomic E-state index is 12.3. The first-order valence-corrected chi connectivity index (χ1v) is 8.45. The average Bonchev–Trinajstić information content (AvgIpc) is 2.85. The second-order valence-electron chi connectivity index (χ2n) is 7.77. The van der Waals surface area contributed by atoms with Crippen LogP contribution in [-0.2, 0) is 4.79 Å². The van der Waals surface area contributed by atoms with Gasteiger partial charge in [-0.3, -0.25) is 4.79 Å². The molecule has 0 aromatic rings. The second kappa shape index (κ2) is 6.46. The highest BCUT2D eigenvalue weighted by Crippen LogP contribution is 2.29. The average molecular weight is 280 g/mol. The summed E-state index contributed by atoms with van der Waals surface area (Å²) in [6.07, 6.45) is 7.67. The molecule has 0 aromatic carbocycles. The van der Waals surface area contributed by atoms with E-state index in [1.807, 2.05) is 20.8 Å². The van der Waals surface area contributed by atoms with E-state index in [1.165, 1.54) is 25.7 Å². The third-order valence-electron chi connectivity index (χ3n) is 5.01. The molecule has 2 aliphatic rings. The van der Waals surface area contributed by atoms with Crippen LogP contribution in [0.25, 0.3) is 0 Å². The Balaban J connectivity index is 1.73. The number of nitrogens with one attached hydrogen (secondary N) is 1. The van der Waals surface area contributed by atoms with Crippen LogP contribution in [0.15, 0.2) is 0 Å². The van der Waals surface area contributed by atoms with E-state index < -0.39 is 0 Å². The van der Waals surface area contributed by atoms with E-state index in [-0.39, 0.29) is 5.41 Å². The lowest BCUT2D eigenvalue weighted by molar-refractivity contribution is -0.140. The molecule has 1 heterocycles. The van der Waals surface area contributed by atoms with Gasteiger partial charge in [0.25, 0.3) is 0 Å². The van der Waals surface area contributed by atoms with Crippen molar-refractivity contribution < 1.29 is 4.79 Å². The van der Waals surface area contributed by atoms with E-state index in [2.05, 4.69) is 17.1 Å². The molecule has 2 unspecified atom stereocenters. The van der Waals surface area contributed by atoms with E-state index in [1.54, 1.807) is 0 Å². The molecule has 1 aliphatic carbocycles. The first-order valence-electron chi connectivity index (χ1n) is 8.45. The zero-order valence-electron chi connectivity index (χ0n) is 13.7. The van der Waals surface area contributed by atoms with Gasteiger partial charge in [0.05, 0.1) is 0 Å². The van der Waals surface area contributed by atoms with Crippen LogP contribution in [0.5, 0.6) is 0 Å². The maximum Gasteiger partial charge on any atom is 0.227 e. The largest absolute Gasteiger partial charge is 0.342 e. The highest BCUT2D eigenvalue weighted by Gasteiger charge is 2.31. The lowest BCUT2D eigenvalue weighted by Crippen LogP contribution is -2.49. The smallest absolute Gasteiger partial charge is 0.227 e. The van der Waals surface area contributed by atoms with Gasteiger partial charge < -0.3 is 10.2 Å². The van der Waals surface area contributed by atoms with Crippen LogP contribution in [0.1, 0.15) is 66.2 Å². The van der Waals surface area contributed by atoms with Crippen LogP contribution in [0.4, 0.5) is 0 Å². The number of carbonyl (C=O) groups excluding carboxylic acids is 1. The second-order valence-corrected chi connectivity index (χ2v) is 7.77. The Morgan fingerprint density at radius 1 is 1.10 bits per heavy atom. The first-order chi connectivity index (χ1) is 9.40. The summed E-state index contributed by atoms with van der Waals surface area (Å²) >= 11 is 0. The molecule has 1 saturated heterocycles. The van der Waals surface area contributed by atoms with E-state index >= 15 is 0 Å². The molecule has 0 spiro atoms. The van der Waals surface area contributed by atoms with Crippen molar-refractivity contribution in [1.82, 2.24) is 10.2 Å². The van der Waals surface area contributed by atoms with Crippen molar-refractivity contribution in [3.63, 3.8) is 0 Å². The number of likely N-dealkylation sites (tertiary alicyclic amines) is 1. The Morgan fingerprint density at radius 3 is 2.25 bits per heavy atom. The number of hydrogen-bond acceptors (Lipinski definition) is 2. The van der Waals surface area contributed by atoms with Crippen molar-refractivity contribution in [3.8, 4) is 0 Å². The van der Waals surface area contributed by atoms with Crippen molar-refractivity contribution in [2.45, 2.75) is 78.3 Å². The monoisotopic (exact) mass is 280 g/mol. The Labute approximate surface area is 124 Å². The van der Waals surface area contributed by atoms with Crippen LogP contribution < -0.4 is 5.32 Å². The molecule has 0 bridgehead atoms. The zero-order valence-corrected chi connectivity index (χ0v) is 13.7. The van der Waals surface area contributed by atoms with E-state index in [4.69, 9.17) is 0 Å². The summed E-state index contributed by atoms with van der Waals surface area (Å²) in [5.74, 6) is 1.25. The minimum absolute atomic E-state index is 0.236. The summed E-state index contributed by atoms with van der Waals surface area (Å²) in [6.45, 7) is 10.2. The van der Waals surface area contributed by atoms with Crippen molar-refractivity contribution in [2.75, 3.05) is 13.1 Å². The lowest BCUT2D eigenvalue weighted by atomic mass is 9.93. The molecule has 1 amide bonds.